The van der Waals surface area contributed by atoms with E-state index in [1.54, 1.807) is 14.0 Å². The lowest BCUT2D eigenvalue weighted by molar-refractivity contribution is -0.116. The van der Waals surface area contributed by atoms with E-state index in [1.807, 2.05) is 19.9 Å². The van der Waals surface area contributed by atoms with Gasteiger partial charge >= 0.3 is 5.97 Å². The molecule has 1 heterocycles. The van der Waals surface area contributed by atoms with Crippen LogP contribution in [0.5, 0.6) is 11.5 Å². The van der Waals surface area contributed by atoms with Crippen molar-refractivity contribution in [3.8, 4) is 11.5 Å². The maximum absolute atomic E-state index is 11.8. The molecule has 0 aliphatic carbocycles. The van der Waals surface area contributed by atoms with Crippen molar-refractivity contribution in [2.24, 2.45) is 0 Å². The minimum absolute atomic E-state index is 0.0689. The monoisotopic (exact) mass is 318 g/mol. The van der Waals surface area contributed by atoms with Crippen LogP contribution in [0.15, 0.2) is 11.6 Å². The molecule has 0 amide bonds. The summed E-state index contributed by atoms with van der Waals surface area (Å²) in [6.45, 7) is 5.53. The average Bonchev–Trinajstić information content (AvgIpc) is 2.89. The number of benzene rings is 1. The summed E-state index contributed by atoms with van der Waals surface area (Å²) in [6.07, 6.45) is 3.57. The summed E-state index contributed by atoms with van der Waals surface area (Å²) >= 11 is 0. The van der Waals surface area contributed by atoms with Crippen molar-refractivity contribution >= 4 is 11.8 Å². The summed E-state index contributed by atoms with van der Waals surface area (Å²) in [5, 5.41) is 10.5. The molecule has 1 aliphatic rings. The van der Waals surface area contributed by atoms with E-state index >= 15 is 0 Å². The quantitative estimate of drug-likeness (QED) is 0.644. The molecule has 0 unspecified atom stereocenters. The highest BCUT2D eigenvalue weighted by molar-refractivity contribution is 5.98. The van der Waals surface area contributed by atoms with Gasteiger partial charge in [-0.05, 0) is 39.2 Å². The molecule has 124 valence electrons. The lowest BCUT2D eigenvalue weighted by atomic mass is 9.94. The van der Waals surface area contributed by atoms with E-state index < -0.39 is 5.97 Å². The van der Waals surface area contributed by atoms with Crippen LogP contribution < -0.4 is 4.74 Å². The Morgan fingerprint density at radius 3 is 2.65 bits per heavy atom. The van der Waals surface area contributed by atoms with Crippen LogP contribution in [0.25, 0.3) is 0 Å². The Bertz CT molecular complexity index is 685. The normalized spacial score (nSPS) is 13.7. The van der Waals surface area contributed by atoms with E-state index in [1.165, 1.54) is 0 Å². The molecule has 0 fully saturated rings. The number of ether oxygens (including phenoxy) is 2. The molecular formula is C18H22O5. The third kappa shape index (κ3) is 3.38. The predicted molar refractivity (Wildman–Crippen MR) is 85.9 cm³/mol. The maximum Gasteiger partial charge on any atom is 0.342 e. The fraction of sp³-hybridized carbons (Fsp3) is 0.444. The van der Waals surface area contributed by atoms with Crippen LogP contribution in [0, 0.1) is 6.92 Å². The summed E-state index contributed by atoms with van der Waals surface area (Å²) < 4.78 is 10.5. The van der Waals surface area contributed by atoms with Crippen LogP contribution in [0.2, 0.25) is 0 Å². The Hall–Kier alpha value is -2.30. The van der Waals surface area contributed by atoms with Crippen molar-refractivity contribution in [3.63, 3.8) is 0 Å². The van der Waals surface area contributed by atoms with E-state index in [2.05, 4.69) is 0 Å². The van der Waals surface area contributed by atoms with Gasteiger partial charge in [0, 0.05) is 17.5 Å². The first kappa shape index (κ1) is 17.1. The van der Waals surface area contributed by atoms with Crippen LogP contribution in [0.1, 0.15) is 53.7 Å². The van der Waals surface area contributed by atoms with E-state index in [0.717, 1.165) is 11.1 Å². The van der Waals surface area contributed by atoms with Gasteiger partial charge in [0.25, 0.3) is 0 Å². The number of phenolic OH excluding ortho intramolecular Hbond substituents is 1. The molecule has 5 nitrogen and oxygen atoms in total. The highest BCUT2D eigenvalue weighted by Gasteiger charge is 2.31. The average molecular weight is 318 g/mol. The Balaban J connectivity index is 2.37. The van der Waals surface area contributed by atoms with E-state index in [-0.39, 0.29) is 23.7 Å². The number of Topliss-reactive ketones (excluding diaryl/α,β-unsaturated/α-hetero) is 1. The fourth-order valence-electron chi connectivity index (χ4n) is 2.78. The van der Waals surface area contributed by atoms with Gasteiger partial charge in [-0.3, -0.25) is 0 Å². The summed E-state index contributed by atoms with van der Waals surface area (Å²) in [4.78, 5) is 22.9. The third-order valence-corrected chi connectivity index (χ3v) is 4.17. The second kappa shape index (κ2) is 6.86. The largest absolute Gasteiger partial charge is 0.507 e. The van der Waals surface area contributed by atoms with Crippen molar-refractivity contribution in [2.45, 2.75) is 46.6 Å². The van der Waals surface area contributed by atoms with Gasteiger partial charge < -0.3 is 19.4 Å². The topological polar surface area (TPSA) is 72.8 Å². The number of rotatable bonds is 6. The number of allylic oxidation sites excluding steroid dienone is 2. The van der Waals surface area contributed by atoms with E-state index in [0.29, 0.717) is 36.1 Å². The Morgan fingerprint density at radius 2 is 2.04 bits per heavy atom. The van der Waals surface area contributed by atoms with Gasteiger partial charge in [0.1, 0.15) is 29.5 Å². The molecule has 1 aromatic carbocycles. The number of hydrogen-bond acceptors (Lipinski definition) is 5. The van der Waals surface area contributed by atoms with Gasteiger partial charge in [-0.2, -0.15) is 0 Å². The van der Waals surface area contributed by atoms with Crippen LogP contribution in [0.3, 0.4) is 0 Å². The van der Waals surface area contributed by atoms with Gasteiger partial charge in [-0.15, -0.1) is 0 Å². The summed E-state index contributed by atoms with van der Waals surface area (Å²) in [5.74, 6) is 0.159. The Labute approximate surface area is 135 Å². The van der Waals surface area contributed by atoms with Crippen molar-refractivity contribution in [1.82, 2.24) is 0 Å². The number of esters is 1. The van der Waals surface area contributed by atoms with E-state index in [9.17, 15) is 14.7 Å². The second-order valence-electron chi connectivity index (χ2n) is 5.87. The molecule has 0 saturated heterocycles. The highest BCUT2D eigenvalue weighted by Crippen LogP contribution is 2.41. The van der Waals surface area contributed by atoms with Crippen molar-refractivity contribution in [2.75, 3.05) is 7.11 Å². The SMILES string of the molecule is COc1c(C)c2c(c(O)c1C/C=C(\C)CCC(C)=O)C(=O)OC2. The number of phenols is 1. The number of ketones is 1. The number of carbonyl (C=O) groups excluding carboxylic acids is 2. The molecular weight excluding hydrogens is 296 g/mol. The smallest absolute Gasteiger partial charge is 0.342 e. The van der Waals surface area contributed by atoms with Gasteiger partial charge in [0.05, 0.1) is 7.11 Å². The Kier molecular flexibility index (Phi) is 5.08. The zero-order valence-corrected chi connectivity index (χ0v) is 14.0. The number of carbonyl (C=O) groups is 2. The zero-order valence-electron chi connectivity index (χ0n) is 14.0. The standard InChI is InChI=1S/C18H22O5/c1-10(5-7-11(2)19)6-8-13-16(20)15-14(9-23-18(15)21)12(3)17(13)22-4/h6,20H,5,7-9H2,1-4H3/b10-6+. The minimum atomic E-state index is -0.498. The van der Waals surface area contributed by atoms with Crippen LogP contribution in [-0.2, 0) is 22.6 Å². The highest BCUT2D eigenvalue weighted by atomic mass is 16.5. The van der Waals surface area contributed by atoms with Gasteiger partial charge in [0.2, 0.25) is 0 Å². The minimum Gasteiger partial charge on any atom is -0.507 e. The third-order valence-electron chi connectivity index (χ3n) is 4.17. The molecule has 0 radical (unpaired) electrons. The lowest BCUT2D eigenvalue weighted by Gasteiger charge is -2.15. The first-order valence-corrected chi connectivity index (χ1v) is 7.60. The van der Waals surface area contributed by atoms with Crippen LogP contribution >= 0.6 is 0 Å². The van der Waals surface area contributed by atoms with Gasteiger partial charge in [-0.25, -0.2) is 4.79 Å². The molecule has 1 aliphatic heterocycles. The molecule has 2 rings (SSSR count). The molecule has 0 bridgehead atoms. The van der Waals surface area contributed by atoms with Crippen molar-refractivity contribution in [1.29, 1.82) is 0 Å². The molecule has 1 aromatic rings. The lowest BCUT2D eigenvalue weighted by Crippen LogP contribution is -2.03. The number of hydrogen-bond donors (Lipinski definition) is 1. The van der Waals surface area contributed by atoms with E-state index in [4.69, 9.17) is 9.47 Å². The molecule has 23 heavy (non-hydrogen) atoms. The van der Waals surface area contributed by atoms with Gasteiger partial charge in [-0.1, -0.05) is 11.6 Å². The molecule has 0 saturated carbocycles. The molecule has 0 atom stereocenters. The first-order chi connectivity index (χ1) is 10.9. The van der Waals surface area contributed by atoms with Gasteiger partial charge in [0.15, 0.2) is 0 Å². The van der Waals surface area contributed by atoms with Crippen LogP contribution in [0.4, 0.5) is 0 Å². The summed E-state index contributed by atoms with van der Waals surface area (Å²) in [7, 11) is 1.54. The number of aromatic hydroxyl groups is 1. The van der Waals surface area contributed by atoms with Crippen molar-refractivity contribution in [3.05, 3.63) is 33.9 Å². The molecule has 5 heteroatoms. The molecule has 0 spiro atoms. The molecule has 0 aromatic heterocycles. The second-order valence-corrected chi connectivity index (χ2v) is 5.87. The first-order valence-electron chi connectivity index (χ1n) is 7.60. The Morgan fingerprint density at radius 1 is 1.35 bits per heavy atom. The molecule has 1 N–H and O–H groups in total. The summed E-state index contributed by atoms with van der Waals surface area (Å²) in [5.41, 5.74) is 3.38. The zero-order chi connectivity index (χ0) is 17.1. The number of cyclic esters (lactones) is 1. The summed E-state index contributed by atoms with van der Waals surface area (Å²) in [6, 6.07) is 0. The van der Waals surface area contributed by atoms with Crippen molar-refractivity contribution < 1.29 is 24.2 Å². The van der Waals surface area contributed by atoms with Crippen LogP contribution in [-0.4, -0.2) is 24.0 Å². The number of methoxy groups -OCH3 is 1. The predicted octanol–water partition coefficient (Wildman–Crippen LogP) is 3.24. The number of fused-ring (bicyclic) bond motifs is 1. The maximum atomic E-state index is 11.8. The fourth-order valence-corrected chi connectivity index (χ4v) is 2.78.